The predicted octanol–water partition coefficient (Wildman–Crippen LogP) is 1.78. The van der Waals surface area contributed by atoms with E-state index in [0.717, 1.165) is 62.6 Å². The molecule has 1 aliphatic rings. The SMILES string of the molecule is COc1ccc(CNCCSc2nnnn2C)cc1CN1CCOCC1.Cl.Cl. The van der Waals surface area contributed by atoms with Crippen LogP contribution in [0.1, 0.15) is 11.1 Å². The molecular weight excluding hydrogens is 423 g/mol. The summed E-state index contributed by atoms with van der Waals surface area (Å²) in [5.41, 5.74) is 2.49. The summed E-state index contributed by atoms with van der Waals surface area (Å²) in [6.45, 7) is 6.18. The molecule has 0 bridgehead atoms. The summed E-state index contributed by atoms with van der Waals surface area (Å²) in [6.07, 6.45) is 0. The number of halogens is 2. The molecule has 0 aliphatic carbocycles. The van der Waals surface area contributed by atoms with Crippen molar-refractivity contribution >= 4 is 36.6 Å². The van der Waals surface area contributed by atoms with Gasteiger partial charge < -0.3 is 14.8 Å². The molecule has 0 atom stereocenters. The number of benzene rings is 1. The van der Waals surface area contributed by atoms with Crippen LogP contribution >= 0.6 is 36.6 Å². The minimum absolute atomic E-state index is 0. The molecule has 11 heteroatoms. The first-order valence-electron chi connectivity index (χ1n) is 8.78. The zero-order valence-electron chi connectivity index (χ0n) is 16.2. The summed E-state index contributed by atoms with van der Waals surface area (Å²) < 4.78 is 12.7. The van der Waals surface area contributed by atoms with Gasteiger partial charge in [-0.15, -0.1) is 29.9 Å². The number of aromatic nitrogens is 4. The van der Waals surface area contributed by atoms with Crippen LogP contribution < -0.4 is 10.1 Å². The third-order valence-corrected chi connectivity index (χ3v) is 5.28. The Balaban J connectivity index is 0.00000196. The lowest BCUT2D eigenvalue weighted by molar-refractivity contribution is 0.0339. The third kappa shape index (κ3) is 7.38. The molecule has 0 radical (unpaired) electrons. The lowest BCUT2D eigenvalue weighted by atomic mass is 10.1. The van der Waals surface area contributed by atoms with Crippen molar-refractivity contribution in [1.29, 1.82) is 0 Å². The Labute approximate surface area is 182 Å². The molecule has 1 N–H and O–H groups in total. The standard InChI is InChI=1S/C17H26N6O2S.2ClH/c1-22-17(19-20-21-22)26-10-5-18-12-14-3-4-16(24-2)15(11-14)13-23-6-8-25-9-7-23;;/h3-4,11,18H,5-10,12-13H2,1-2H3;2*1H. The fourth-order valence-corrected chi connectivity index (χ4v) is 3.60. The van der Waals surface area contributed by atoms with E-state index >= 15 is 0 Å². The minimum Gasteiger partial charge on any atom is -0.496 e. The normalized spacial score (nSPS) is 14.2. The van der Waals surface area contributed by atoms with Crippen LogP contribution in [0.15, 0.2) is 23.4 Å². The topological polar surface area (TPSA) is 77.3 Å². The van der Waals surface area contributed by atoms with Crippen LogP contribution in [0.5, 0.6) is 5.75 Å². The number of aryl methyl sites for hydroxylation is 1. The van der Waals surface area contributed by atoms with Crippen molar-refractivity contribution in [3.63, 3.8) is 0 Å². The van der Waals surface area contributed by atoms with Crippen molar-refractivity contribution in [1.82, 2.24) is 30.4 Å². The van der Waals surface area contributed by atoms with E-state index in [1.807, 2.05) is 7.05 Å². The van der Waals surface area contributed by atoms with Gasteiger partial charge in [0.25, 0.3) is 0 Å². The number of morpholine rings is 1. The summed E-state index contributed by atoms with van der Waals surface area (Å²) in [7, 11) is 3.58. The Hall–Kier alpha value is -1.10. The summed E-state index contributed by atoms with van der Waals surface area (Å²) in [5, 5.41) is 15.8. The van der Waals surface area contributed by atoms with E-state index in [-0.39, 0.29) is 24.8 Å². The number of rotatable bonds is 9. The number of nitrogens with zero attached hydrogens (tertiary/aromatic N) is 5. The van der Waals surface area contributed by atoms with Gasteiger partial charge in [0.05, 0.1) is 20.3 Å². The smallest absolute Gasteiger partial charge is 0.209 e. The van der Waals surface area contributed by atoms with E-state index in [1.54, 1.807) is 23.6 Å². The highest BCUT2D eigenvalue weighted by molar-refractivity contribution is 7.99. The van der Waals surface area contributed by atoms with Crippen molar-refractivity contribution in [2.24, 2.45) is 7.05 Å². The van der Waals surface area contributed by atoms with Crippen molar-refractivity contribution in [3.8, 4) is 5.75 Å². The summed E-state index contributed by atoms with van der Waals surface area (Å²) in [4.78, 5) is 2.41. The number of methoxy groups -OCH3 is 1. The molecule has 0 amide bonds. The van der Waals surface area contributed by atoms with E-state index in [2.05, 4.69) is 43.9 Å². The van der Waals surface area contributed by atoms with Gasteiger partial charge in [0.1, 0.15) is 5.75 Å². The van der Waals surface area contributed by atoms with Gasteiger partial charge in [0, 0.05) is 51.1 Å². The molecule has 2 heterocycles. The molecule has 1 aliphatic heterocycles. The number of tetrazole rings is 1. The van der Waals surface area contributed by atoms with E-state index < -0.39 is 0 Å². The van der Waals surface area contributed by atoms with Gasteiger partial charge >= 0.3 is 0 Å². The maximum absolute atomic E-state index is 5.53. The van der Waals surface area contributed by atoms with Gasteiger partial charge in [-0.3, -0.25) is 4.90 Å². The number of nitrogens with one attached hydrogen (secondary N) is 1. The van der Waals surface area contributed by atoms with Gasteiger partial charge in [-0.2, -0.15) is 0 Å². The van der Waals surface area contributed by atoms with Crippen LogP contribution in [0.4, 0.5) is 0 Å². The molecule has 0 unspecified atom stereocenters. The molecule has 28 heavy (non-hydrogen) atoms. The maximum atomic E-state index is 5.53. The quantitative estimate of drug-likeness (QED) is 0.457. The van der Waals surface area contributed by atoms with Crippen molar-refractivity contribution in [3.05, 3.63) is 29.3 Å². The third-order valence-electron chi connectivity index (χ3n) is 4.26. The fourth-order valence-electron chi connectivity index (χ4n) is 2.86. The molecule has 1 aromatic heterocycles. The first kappa shape index (κ1) is 24.9. The Bertz CT molecular complexity index is 700. The lowest BCUT2D eigenvalue weighted by Gasteiger charge is -2.27. The highest BCUT2D eigenvalue weighted by Crippen LogP contribution is 2.22. The van der Waals surface area contributed by atoms with Gasteiger partial charge in [0.15, 0.2) is 0 Å². The maximum Gasteiger partial charge on any atom is 0.209 e. The average Bonchev–Trinajstić information content (AvgIpc) is 3.07. The van der Waals surface area contributed by atoms with Crippen LogP contribution in [0.3, 0.4) is 0 Å². The van der Waals surface area contributed by atoms with Gasteiger partial charge in [-0.1, -0.05) is 17.8 Å². The second kappa shape index (κ2) is 13.2. The lowest BCUT2D eigenvalue weighted by Crippen LogP contribution is -2.35. The van der Waals surface area contributed by atoms with Gasteiger partial charge in [-0.05, 0) is 28.1 Å². The Morgan fingerprint density at radius 1 is 1.25 bits per heavy atom. The second-order valence-electron chi connectivity index (χ2n) is 6.15. The van der Waals surface area contributed by atoms with Crippen molar-refractivity contribution in [2.45, 2.75) is 18.2 Å². The average molecular weight is 451 g/mol. The zero-order valence-corrected chi connectivity index (χ0v) is 18.6. The molecule has 3 rings (SSSR count). The highest BCUT2D eigenvalue weighted by atomic mass is 35.5. The molecule has 0 spiro atoms. The van der Waals surface area contributed by atoms with Crippen molar-refractivity contribution < 1.29 is 9.47 Å². The largest absolute Gasteiger partial charge is 0.496 e. The highest BCUT2D eigenvalue weighted by Gasteiger charge is 2.13. The van der Waals surface area contributed by atoms with Crippen LogP contribution in [0.2, 0.25) is 0 Å². The summed E-state index contributed by atoms with van der Waals surface area (Å²) >= 11 is 1.65. The van der Waals surface area contributed by atoms with Gasteiger partial charge in [0.2, 0.25) is 5.16 Å². The minimum atomic E-state index is 0. The van der Waals surface area contributed by atoms with Crippen molar-refractivity contribution in [2.75, 3.05) is 45.7 Å². The Kier molecular flexibility index (Phi) is 11.7. The van der Waals surface area contributed by atoms with E-state index in [9.17, 15) is 0 Å². The summed E-state index contributed by atoms with van der Waals surface area (Å²) in [6, 6.07) is 6.42. The second-order valence-corrected chi connectivity index (χ2v) is 7.21. The van der Waals surface area contributed by atoms with Gasteiger partial charge in [-0.25, -0.2) is 4.68 Å². The Morgan fingerprint density at radius 3 is 2.71 bits per heavy atom. The first-order chi connectivity index (χ1) is 12.8. The van der Waals surface area contributed by atoms with E-state index in [1.165, 1.54) is 11.1 Å². The number of hydrogen-bond donors (Lipinski definition) is 1. The fraction of sp³-hybridized carbons (Fsp3) is 0.588. The van der Waals surface area contributed by atoms with E-state index in [4.69, 9.17) is 9.47 Å². The predicted molar refractivity (Wildman–Crippen MR) is 115 cm³/mol. The zero-order chi connectivity index (χ0) is 18.2. The molecule has 2 aromatic rings. The van der Waals surface area contributed by atoms with Crippen LogP contribution in [0, 0.1) is 0 Å². The Morgan fingerprint density at radius 2 is 2.04 bits per heavy atom. The van der Waals surface area contributed by atoms with Crippen LogP contribution in [-0.4, -0.2) is 70.8 Å². The molecule has 1 fully saturated rings. The molecule has 8 nitrogen and oxygen atoms in total. The van der Waals surface area contributed by atoms with Crippen LogP contribution in [-0.2, 0) is 24.9 Å². The number of hydrogen-bond acceptors (Lipinski definition) is 8. The monoisotopic (exact) mass is 450 g/mol. The summed E-state index contributed by atoms with van der Waals surface area (Å²) in [5.74, 6) is 1.87. The number of ether oxygens (including phenoxy) is 2. The first-order valence-corrected chi connectivity index (χ1v) is 9.76. The molecule has 158 valence electrons. The molecular formula is C17H28Cl2N6O2S. The van der Waals surface area contributed by atoms with E-state index in [0.29, 0.717) is 0 Å². The number of thioether (sulfide) groups is 1. The molecule has 1 aromatic carbocycles. The molecule has 0 saturated carbocycles. The van der Waals surface area contributed by atoms with Crippen LogP contribution in [0.25, 0.3) is 0 Å². The molecule has 1 saturated heterocycles.